The predicted molar refractivity (Wildman–Crippen MR) is 94.9 cm³/mol. The Morgan fingerprint density at radius 3 is 2.71 bits per heavy atom. The minimum atomic E-state index is -0.0747. The summed E-state index contributed by atoms with van der Waals surface area (Å²) in [4.78, 5) is 12.8. The Hall–Kier alpha value is -0.650. The standard InChI is InChI=1S/C16H12Br3NO/c17-10-5-6-13(18)12(8-10)16(21)20-15-11-4-2-1-3-9(11)7-14(15)19/h1-6,8,14-15H,7H2,(H,20,21). The smallest absolute Gasteiger partial charge is 0.252 e. The van der Waals surface area contributed by atoms with Gasteiger partial charge in [-0.1, -0.05) is 56.1 Å². The SMILES string of the molecule is O=C(NC1c2ccccc2CC1Br)c1cc(Br)ccc1Br. The molecule has 2 atom stereocenters. The summed E-state index contributed by atoms with van der Waals surface area (Å²) in [7, 11) is 0. The van der Waals surface area contributed by atoms with E-state index in [4.69, 9.17) is 0 Å². The van der Waals surface area contributed by atoms with E-state index in [1.165, 1.54) is 11.1 Å². The Morgan fingerprint density at radius 2 is 1.90 bits per heavy atom. The molecule has 2 unspecified atom stereocenters. The molecule has 0 saturated carbocycles. The van der Waals surface area contributed by atoms with Crippen LogP contribution in [0.15, 0.2) is 51.4 Å². The van der Waals surface area contributed by atoms with E-state index in [0.717, 1.165) is 15.4 Å². The summed E-state index contributed by atoms with van der Waals surface area (Å²) in [6, 6.07) is 13.8. The van der Waals surface area contributed by atoms with Crippen LogP contribution in [0, 0.1) is 0 Å². The van der Waals surface area contributed by atoms with E-state index in [9.17, 15) is 4.79 Å². The van der Waals surface area contributed by atoms with E-state index in [1.54, 1.807) is 0 Å². The van der Waals surface area contributed by atoms with Gasteiger partial charge in [-0.3, -0.25) is 4.79 Å². The average Bonchev–Trinajstić information content (AvgIpc) is 2.78. The topological polar surface area (TPSA) is 29.1 Å². The Labute approximate surface area is 148 Å². The normalized spacial score (nSPS) is 20.1. The molecule has 0 saturated heterocycles. The number of rotatable bonds is 2. The first-order valence-electron chi connectivity index (χ1n) is 6.54. The lowest BCUT2D eigenvalue weighted by Crippen LogP contribution is -2.31. The maximum absolute atomic E-state index is 12.5. The van der Waals surface area contributed by atoms with Gasteiger partial charge in [0.05, 0.1) is 11.6 Å². The molecule has 1 N–H and O–H groups in total. The summed E-state index contributed by atoms with van der Waals surface area (Å²) in [5.74, 6) is -0.0747. The summed E-state index contributed by atoms with van der Waals surface area (Å²) in [6.45, 7) is 0. The van der Waals surface area contributed by atoms with E-state index in [1.807, 2.05) is 30.3 Å². The molecular formula is C16H12Br3NO. The van der Waals surface area contributed by atoms with Crippen LogP contribution >= 0.6 is 47.8 Å². The average molecular weight is 474 g/mol. The Kier molecular flexibility index (Phi) is 4.52. The van der Waals surface area contributed by atoms with Crippen LogP contribution in [0.5, 0.6) is 0 Å². The van der Waals surface area contributed by atoms with Crippen LogP contribution < -0.4 is 5.32 Å². The monoisotopic (exact) mass is 471 g/mol. The molecule has 1 aliphatic rings. The van der Waals surface area contributed by atoms with E-state index >= 15 is 0 Å². The first-order chi connectivity index (χ1) is 10.1. The minimum Gasteiger partial charge on any atom is -0.344 e. The van der Waals surface area contributed by atoms with Gasteiger partial charge in [0.2, 0.25) is 0 Å². The van der Waals surface area contributed by atoms with Gasteiger partial charge in [0, 0.05) is 13.8 Å². The number of halogens is 3. The number of hydrogen-bond donors (Lipinski definition) is 1. The van der Waals surface area contributed by atoms with Crippen LogP contribution in [-0.4, -0.2) is 10.7 Å². The lowest BCUT2D eigenvalue weighted by molar-refractivity contribution is 0.0937. The third-order valence-corrected chi connectivity index (χ3v) is 5.66. The molecule has 0 aliphatic heterocycles. The molecule has 0 bridgehead atoms. The fourth-order valence-electron chi connectivity index (χ4n) is 2.60. The Balaban J connectivity index is 1.87. The van der Waals surface area contributed by atoms with Crippen molar-refractivity contribution < 1.29 is 4.79 Å². The fraction of sp³-hybridized carbons (Fsp3) is 0.188. The van der Waals surface area contributed by atoms with Crippen molar-refractivity contribution in [1.29, 1.82) is 0 Å². The molecule has 2 aromatic carbocycles. The fourth-order valence-corrected chi connectivity index (χ4v) is 4.16. The van der Waals surface area contributed by atoms with Gasteiger partial charge < -0.3 is 5.32 Å². The highest BCUT2D eigenvalue weighted by Gasteiger charge is 2.31. The van der Waals surface area contributed by atoms with Crippen LogP contribution in [-0.2, 0) is 6.42 Å². The van der Waals surface area contributed by atoms with Gasteiger partial charge in [0.25, 0.3) is 5.91 Å². The van der Waals surface area contributed by atoms with Gasteiger partial charge in [-0.2, -0.15) is 0 Å². The molecule has 108 valence electrons. The third kappa shape index (κ3) is 3.10. The number of carbonyl (C=O) groups excluding carboxylic acids is 1. The number of alkyl halides is 1. The lowest BCUT2D eigenvalue weighted by Gasteiger charge is -2.18. The van der Waals surface area contributed by atoms with Gasteiger partial charge in [-0.15, -0.1) is 0 Å². The second-order valence-corrected chi connectivity index (χ2v) is 7.94. The molecule has 5 heteroatoms. The van der Waals surface area contributed by atoms with Crippen molar-refractivity contribution in [3.63, 3.8) is 0 Å². The highest BCUT2D eigenvalue weighted by molar-refractivity contribution is 9.11. The summed E-state index contributed by atoms with van der Waals surface area (Å²) in [6.07, 6.45) is 0.931. The van der Waals surface area contributed by atoms with Crippen molar-refractivity contribution in [3.05, 3.63) is 68.1 Å². The van der Waals surface area contributed by atoms with E-state index in [-0.39, 0.29) is 16.8 Å². The molecule has 0 fully saturated rings. The first-order valence-corrected chi connectivity index (χ1v) is 9.04. The van der Waals surface area contributed by atoms with Crippen LogP contribution in [0.25, 0.3) is 0 Å². The van der Waals surface area contributed by atoms with E-state index in [0.29, 0.717) is 5.56 Å². The first kappa shape index (κ1) is 15.3. The number of nitrogens with one attached hydrogen (secondary N) is 1. The van der Waals surface area contributed by atoms with Crippen LogP contribution in [0.4, 0.5) is 0 Å². The molecule has 21 heavy (non-hydrogen) atoms. The molecule has 2 nitrogen and oxygen atoms in total. The summed E-state index contributed by atoms with van der Waals surface area (Å²) >= 11 is 10.5. The number of fused-ring (bicyclic) bond motifs is 1. The third-order valence-electron chi connectivity index (χ3n) is 3.63. The molecule has 3 rings (SSSR count). The summed E-state index contributed by atoms with van der Waals surface area (Å²) in [5, 5.41) is 3.13. The van der Waals surface area contributed by atoms with Gasteiger partial charge in [-0.05, 0) is 51.7 Å². The molecule has 1 aliphatic carbocycles. The predicted octanol–water partition coefficient (Wildman–Crippen LogP) is 5.00. The van der Waals surface area contributed by atoms with E-state index < -0.39 is 0 Å². The second-order valence-electron chi connectivity index (χ2n) is 4.99. The number of amides is 1. The van der Waals surface area contributed by atoms with Crippen molar-refractivity contribution in [2.45, 2.75) is 17.3 Å². The van der Waals surface area contributed by atoms with Gasteiger partial charge in [0.15, 0.2) is 0 Å². The van der Waals surface area contributed by atoms with Gasteiger partial charge in [0.1, 0.15) is 0 Å². The molecule has 2 aromatic rings. The highest BCUT2D eigenvalue weighted by atomic mass is 79.9. The molecule has 1 amide bonds. The number of hydrogen-bond acceptors (Lipinski definition) is 1. The van der Waals surface area contributed by atoms with Crippen molar-refractivity contribution in [1.82, 2.24) is 5.32 Å². The minimum absolute atomic E-state index is 0.000387. The molecule has 0 heterocycles. The van der Waals surface area contributed by atoms with Crippen molar-refractivity contribution in [2.24, 2.45) is 0 Å². The van der Waals surface area contributed by atoms with Gasteiger partial charge >= 0.3 is 0 Å². The quantitative estimate of drug-likeness (QED) is 0.611. The van der Waals surface area contributed by atoms with Gasteiger partial charge in [-0.25, -0.2) is 0 Å². The van der Waals surface area contributed by atoms with Crippen LogP contribution in [0.2, 0.25) is 0 Å². The zero-order valence-corrected chi connectivity index (χ0v) is 15.7. The maximum atomic E-state index is 12.5. The lowest BCUT2D eigenvalue weighted by atomic mass is 10.1. The van der Waals surface area contributed by atoms with E-state index in [2.05, 4.69) is 65.2 Å². The molecule has 0 spiro atoms. The van der Waals surface area contributed by atoms with Crippen LogP contribution in [0.3, 0.4) is 0 Å². The molecule has 0 radical (unpaired) electrons. The number of benzene rings is 2. The second kappa shape index (κ2) is 6.23. The highest BCUT2D eigenvalue weighted by Crippen LogP contribution is 2.36. The van der Waals surface area contributed by atoms with Crippen molar-refractivity contribution in [3.8, 4) is 0 Å². The Morgan fingerprint density at radius 1 is 1.14 bits per heavy atom. The Bertz CT molecular complexity index is 702. The molecular weight excluding hydrogens is 462 g/mol. The summed E-state index contributed by atoms with van der Waals surface area (Å²) < 4.78 is 1.68. The van der Waals surface area contributed by atoms with Crippen LogP contribution in [0.1, 0.15) is 27.5 Å². The zero-order valence-electron chi connectivity index (χ0n) is 10.9. The zero-order chi connectivity index (χ0) is 15.0. The number of carbonyl (C=O) groups is 1. The largest absolute Gasteiger partial charge is 0.344 e. The summed E-state index contributed by atoms with van der Waals surface area (Å²) in [5.41, 5.74) is 3.12. The molecule has 0 aromatic heterocycles. The maximum Gasteiger partial charge on any atom is 0.252 e. The van der Waals surface area contributed by atoms with Crippen molar-refractivity contribution in [2.75, 3.05) is 0 Å². The van der Waals surface area contributed by atoms with Crippen molar-refractivity contribution >= 4 is 53.7 Å².